The second-order valence-corrected chi connectivity index (χ2v) is 8.34. The minimum absolute atomic E-state index is 0.235. The van der Waals surface area contributed by atoms with Crippen molar-refractivity contribution in [3.05, 3.63) is 66.2 Å². The molecule has 1 atom stereocenters. The lowest BCUT2D eigenvalue weighted by molar-refractivity contribution is -0.133. The van der Waals surface area contributed by atoms with Crippen molar-refractivity contribution in [3.8, 4) is 17.1 Å². The molecule has 3 aromatic rings. The zero-order valence-corrected chi connectivity index (χ0v) is 17.4. The Labute approximate surface area is 176 Å². The molecule has 1 aliphatic carbocycles. The number of benzene rings is 1. The second kappa shape index (κ2) is 7.27. The maximum Gasteiger partial charge on any atom is 0.233 e. The van der Waals surface area contributed by atoms with E-state index in [4.69, 9.17) is 4.74 Å². The van der Waals surface area contributed by atoms with E-state index in [0.29, 0.717) is 0 Å². The molecule has 0 N–H and O–H groups in total. The van der Waals surface area contributed by atoms with Gasteiger partial charge in [-0.25, -0.2) is 4.98 Å². The summed E-state index contributed by atoms with van der Waals surface area (Å²) in [6.45, 7) is 3.59. The van der Waals surface area contributed by atoms with Gasteiger partial charge in [0.15, 0.2) is 0 Å². The van der Waals surface area contributed by atoms with Crippen LogP contribution in [0, 0.1) is 6.92 Å². The van der Waals surface area contributed by atoms with Crippen LogP contribution in [0.3, 0.4) is 0 Å². The van der Waals surface area contributed by atoms with Gasteiger partial charge in [0.05, 0.1) is 18.6 Å². The van der Waals surface area contributed by atoms with Crippen molar-refractivity contribution in [2.45, 2.75) is 37.6 Å². The number of ether oxygens (including phenoxy) is 1. The molecule has 154 valence electrons. The molecule has 6 heteroatoms. The highest BCUT2D eigenvalue weighted by Gasteiger charge is 2.53. The molecule has 0 radical (unpaired) electrons. The first kappa shape index (κ1) is 18.9. The lowest BCUT2D eigenvalue weighted by Crippen LogP contribution is -2.38. The molecule has 1 saturated heterocycles. The maximum atomic E-state index is 13.5. The zero-order chi connectivity index (χ0) is 20.7. The van der Waals surface area contributed by atoms with E-state index in [1.165, 1.54) is 0 Å². The zero-order valence-electron chi connectivity index (χ0n) is 17.4. The van der Waals surface area contributed by atoms with E-state index >= 15 is 0 Å². The number of carbonyl (C=O) groups excluding carboxylic acids is 1. The van der Waals surface area contributed by atoms with Crippen LogP contribution in [0.4, 0.5) is 0 Å². The van der Waals surface area contributed by atoms with E-state index in [0.717, 1.165) is 60.7 Å². The van der Waals surface area contributed by atoms with Gasteiger partial charge in [0.1, 0.15) is 11.6 Å². The van der Waals surface area contributed by atoms with Gasteiger partial charge in [-0.05, 0) is 56.0 Å². The summed E-state index contributed by atoms with van der Waals surface area (Å²) in [5, 5.41) is 0. The molecular formula is C24H26N4O2. The molecule has 0 spiro atoms. The summed E-state index contributed by atoms with van der Waals surface area (Å²) in [4.78, 5) is 24.4. The standard InChI is InChI=1S/C24H26N4O2/c1-17-14-26-22(18-4-3-12-25-15-18)28(17)20-9-13-27(16-20)23(29)24(10-11-24)19-5-7-21(30-2)8-6-19/h3-8,12,14-15,20H,9-11,13,16H2,1-2H3. The summed E-state index contributed by atoms with van der Waals surface area (Å²) in [7, 11) is 1.66. The average Bonchev–Trinajstić information content (AvgIpc) is 3.30. The Bertz CT molecular complexity index is 1050. The van der Waals surface area contributed by atoms with Crippen molar-refractivity contribution in [2.75, 3.05) is 20.2 Å². The van der Waals surface area contributed by atoms with Crippen LogP contribution in [0.2, 0.25) is 0 Å². The van der Waals surface area contributed by atoms with Crippen molar-refractivity contribution < 1.29 is 9.53 Å². The van der Waals surface area contributed by atoms with Crippen molar-refractivity contribution in [2.24, 2.45) is 0 Å². The predicted octanol–water partition coefficient (Wildman–Crippen LogP) is 3.77. The number of aryl methyl sites for hydroxylation is 1. The van der Waals surface area contributed by atoms with Gasteiger partial charge in [-0.2, -0.15) is 0 Å². The number of hydrogen-bond acceptors (Lipinski definition) is 4. The number of amides is 1. The van der Waals surface area contributed by atoms with E-state index in [-0.39, 0.29) is 17.4 Å². The van der Waals surface area contributed by atoms with E-state index in [1.54, 1.807) is 13.3 Å². The Kier molecular flexibility index (Phi) is 4.57. The quantitative estimate of drug-likeness (QED) is 0.652. The second-order valence-electron chi connectivity index (χ2n) is 8.34. The first-order valence-electron chi connectivity index (χ1n) is 10.5. The van der Waals surface area contributed by atoms with Gasteiger partial charge in [-0.1, -0.05) is 12.1 Å². The Morgan fingerprint density at radius 2 is 1.97 bits per heavy atom. The molecule has 1 aromatic carbocycles. The van der Waals surface area contributed by atoms with Gasteiger partial charge >= 0.3 is 0 Å². The lowest BCUT2D eigenvalue weighted by atomic mass is 9.94. The molecule has 1 aliphatic heterocycles. The van der Waals surface area contributed by atoms with Crippen LogP contribution in [0.5, 0.6) is 5.75 Å². The van der Waals surface area contributed by atoms with Gasteiger partial charge in [-0.15, -0.1) is 0 Å². The van der Waals surface area contributed by atoms with Crippen LogP contribution in [-0.4, -0.2) is 45.5 Å². The third-order valence-electron chi connectivity index (χ3n) is 6.52. The molecule has 0 bridgehead atoms. The topological polar surface area (TPSA) is 60.2 Å². The summed E-state index contributed by atoms with van der Waals surface area (Å²) in [6, 6.07) is 12.2. The van der Waals surface area contributed by atoms with Crippen LogP contribution in [0.15, 0.2) is 55.0 Å². The highest BCUT2D eigenvalue weighted by Crippen LogP contribution is 2.50. The smallest absolute Gasteiger partial charge is 0.233 e. The van der Waals surface area contributed by atoms with Crippen LogP contribution >= 0.6 is 0 Å². The third-order valence-corrected chi connectivity index (χ3v) is 6.52. The Morgan fingerprint density at radius 1 is 1.17 bits per heavy atom. The fourth-order valence-corrected chi connectivity index (χ4v) is 4.72. The molecule has 1 unspecified atom stereocenters. The fourth-order valence-electron chi connectivity index (χ4n) is 4.72. The molecule has 30 heavy (non-hydrogen) atoms. The minimum atomic E-state index is -0.350. The molecule has 2 aromatic heterocycles. The largest absolute Gasteiger partial charge is 0.497 e. The van der Waals surface area contributed by atoms with E-state index < -0.39 is 0 Å². The van der Waals surface area contributed by atoms with E-state index in [9.17, 15) is 4.79 Å². The summed E-state index contributed by atoms with van der Waals surface area (Å²) >= 11 is 0. The number of likely N-dealkylation sites (tertiary alicyclic amines) is 1. The van der Waals surface area contributed by atoms with Gasteiger partial charge in [0, 0.05) is 42.9 Å². The van der Waals surface area contributed by atoms with Gasteiger partial charge in [0.2, 0.25) is 5.91 Å². The minimum Gasteiger partial charge on any atom is -0.497 e. The maximum absolute atomic E-state index is 13.5. The molecule has 1 saturated carbocycles. The van der Waals surface area contributed by atoms with Crippen molar-refractivity contribution in [1.29, 1.82) is 0 Å². The Hall–Kier alpha value is -3.15. The number of methoxy groups -OCH3 is 1. The van der Waals surface area contributed by atoms with Gasteiger partial charge in [0.25, 0.3) is 0 Å². The van der Waals surface area contributed by atoms with Gasteiger partial charge in [-0.3, -0.25) is 9.78 Å². The molecule has 5 rings (SSSR count). The highest BCUT2D eigenvalue weighted by molar-refractivity contribution is 5.91. The van der Waals surface area contributed by atoms with Crippen LogP contribution in [0.25, 0.3) is 11.4 Å². The molecule has 6 nitrogen and oxygen atoms in total. The average molecular weight is 402 g/mol. The summed E-state index contributed by atoms with van der Waals surface area (Å²) in [5.41, 5.74) is 2.88. The van der Waals surface area contributed by atoms with Crippen molar-refractivity contribution >= 4 is 5.91 Å². The predicted molar refractivity (Wildman–Crippen MR) is 114 cm³/mol. The fraction of sp³-hybridized carbons (Fsp3) is 0.375. The molecular weight excluding hydrogens is 376 g/mol. The number of hydrogen-bond donors (Lipinski definition) is 0. The molecule has 1 amide bonds. The summed E-state index contributed by atoms with van der Waals surface area (Å²) < 4.78 is 7.54. The molecule has 2 fully saturated rings. The van der Waals surface area contributed by atoms with E-state index in [1.807, 2.05) is 53.7 Å². The van der Waals surface area contributed by atoms with Gasteiger partial charge < -0.3 is 14.2 Å². The van der Waals surface area contributed by atoms with Crippen molar-refractivity contribution in [3.63, 3.8) is 0 Å². The lowest BCUT2D eigenvalue weighted by Gasteiger charge is -2.24. The number of pyridine rings is 1. The summed E-state index contributed by atoms with van der Waals surface area (Å²) in [5.74, 6) is 2.01. The Balaban J connectivity index is 1.37. The van der Waals surface area contributed by atoms with Crippen molar-refractivity contribution in [1.82, 2.24) is 19.4 Å². The third kappa shape index (κ3) is 3.07. The first-order valence-corrected chi connectivity index (χ1v) is 10.5. The SMILES string of the molecule is COc1ccc(C2(C(=O)N3CCC(n4c(C)cnc4-c4cccnc4)C3)CC2)cc1. The number of imidazole rings is 1. The molecule has 3 heterocycles. The molecule has 2 aliphatic rings. The highest BCUT2D eigenvalue weighted by atomic mass is 16.5. The van der Waals surface area contributed by atoms with Crippen LogP contribution < -0.4 is 4.74 Å². The number of aromatic nitrogens is 3. The van der Waals surface area contributed by atoms with E-state index in [2.05, 4.69) is 21.5 Å². The monoisotopic (exact) mass is 402 g/mol. The summed E-state index contributed by atoms with van der Waals surface area (Å²) in [6.07, 6.45) is 8.31. The van der Waals surface area contributed by atoms with Crippen LogP contribution in [-0.2, 0) is 10.2 Å². The number of nitrogens with zero attached hydrogens (tertiary/aromatic N) is 4. The number of carbonyl (C=O) groups is 1. The van der Waals surface area contributed by atoms with Crippen LogP contribution in [0.1, 0.15) is 36.6 Å². The first-order chi connectivity index (χ1) is 14.6. The normalized spacial score (nSPS) is 19.7. The number of rotatable bonds is 5. The Morgan fingerprint density at radius 3 is 2.63 bits per heavy atom.